The van der Waals surface area contributed by atoms with E-state index in [1.54, 1.807) is 6.92 Å². The Morgan fingerprint density at radius 2 is 2.50 bits per heavy atom. The number of carboxylic acids is 1. The third-order valence-electron chi connectivity index (χ3n) is 3.31. The summed E-state index contributed by atoms with van der Waals surface area (Å²) in [5.74, 6) is 0.712. The first kappa shape index (κ1) is 11.2. The van der Waals surface area contributed by atoms with Crippen LogP contribution in [-0.4, -0.2) is 20.6 Å². The molecule has 2 rings (SSSR count). The SMILES string of the molecule is CC1CCc2ncc(CC(C)C(=O)O)n2C1. The van der Waals surface area contributed by atoms with E-state index in [2.05, 4.69) is 16.5 Å². The van der Waals surface area contributed by atoms with Crippen LogP contribution in [0.15, 0.2) is 6.20 Å². The molecule has 1 aliphatic rings. The summed E-state index contributed by atoms with van der Waals surface area (Å²) in [6.07, 6.45) is 4.62. The van der Waals surface area contributed by atoms with E-state index < -0.39 is 5.97 Å². The molecule has 16 heavy (non-hydrogen) atoms. The largest absolute Gasteiger partial charge is 0.481 e. The zero-order valence-electron chi connectivity index (χ0n) is 9.81. The lowest BCUT2D eigenvalue weighted by Crippen LogP contribution is -2.22. The summed E-state index contributed by atoms with van der Waals surface area (Å²) in [4.78, 5) is 15.2. The van der Waals surface area contributed by atoms with Crippen molar-refractivity contribution in [1.29, 1.82) is 0 Å². The Morgan fingerprint density at radius 1 is 1.75 bits per heavy atom. The molecule has 0 amide bonds. The summed E-state index contributed by atoms with van der Waals surface area (Å²) in [6.45, 7) is 4.96. The van der Waals surface area contributed by atoms with Crippen molar-refractivity contribution in [3.63, 3.8) is 0 Å². The van der Waals surface area contributed by atoms with E-state index in [0.717, 1.165) is 24.5 Å². The van der Waals surface area contributed by atoms with Crippen LogP contribution in [0.25, 0.3) is 0 Å². The van der Waals surface area contributed by atoms with Crippen molar-refractivity contribution < 1.29 is 9.90 Å². The van der Waals surface area contributed by atoms with E-state index in [9.17, 15) is 4.79 Å². The van der Waals surface area contributed by atoms with Crippen molar-refractivity contribution in [1.82, 2.24) is 9.55 Å². The number of hydrogen-bond acceptors (Lipinski definition) is 2. The van der Waals surface area contributed by atoms with Gasteiger partial charge in [0.2, 0.25) is 0 Å². The molecule has 0 aromatic carbocycles. The summed E-state index contributed by atoms with van der Waals surface area (Å²) in [6, 6.07) is 0. The van der Waals surface area contributed by atoms with Crippen molar-refractivity contribution in [2.75, 3.05) is 0 Å². The first-order valence-corrected chi connectivity index (χ1v) is 5.84. The molecule has 2 heterocycles. The van der Waals surface area contributed by atoms with Crippen LogP contribution >= 0.6 is 0 Å². The minimum absolute atomic E-state index is 0.335. The number of aryl methyl sites for hydroxylation is 1. The molecular weight excluding hydrogens is 204 g/mol. The van der Waals surface area contributed by atoms with E-state index in [1.165, 1.54) is 6.42 Å². The number of carboxylic acid groups (broad SMARTS) is 1. The zero-order valence-corrected chi connectivity index (χ0v) is 9.81. The highest BCUT2D eigenvalue weighted by Gasteiger charge is 2.21. The minimum atomic E-state index is -0.737. The third kappa shape index (κ3) is 2.10. The number of aromatic nitrogens is 2. The van der Waals surface area contributed by atoms with Crippen LogP contribution < -0.4 is 0 Å². The third-order valence-corrected chi connectivity index (χ3v) is 3.31. The van der Waals surface area contributed by atoms with Gasteiger partial charge < -0.3 is 9.67 Å². The second kappa shape index (κ2) is 4.28. The molecule has 4 nitrogen and oxygen atoms in total. The van der Waals surface area contributed by atoms with Gasteiger partial charge >= 0.3 is 5.97 Å². The quantitative estimate of drug-likeness (QED) is 0.847. The molecule has 0 saturated heterocycles. The van der Waals surface area contributed by atoms with Gasteiger partial charge in [0.05, 0.1) is 5.92 Å². The number of hydrogen-bond donors (Lipinski definition) is 1. The molecule has 0 spiro atoms. The molecule has 1 N–H and O–H groups in total. The van der Waals surface area contributed by atoms with Crippen molar-refractivity contribution in [2.45, 2.75) is 39.7 Å². The number of carbonyl (C=O) groups is 1. The molecule has 2 unspecified atom stereocenters. The fourth-order valence-electron chi connectivity index (χ4n) is 2.22. The molecule has 1 aromatic heterocycles. The standard InChI is InChI=1S/C12H18N2O2/c1-8-3-4-11-13-6-10(14(11)7-8)5-9(2)12(15)16/h6,8-9H,3-5,7H2,1-2H3,(H,15,16). The summed E-state index contributed by atoms with van der Waals surface area (Å²) in [7, 11) is 0. The molecule has 4 heteroatoms. The Labute approximate surface area is 95.3 Å². The average Bonchev–Trinajstić information content (AvgIpc) is 2.61. The van der Waals surface area contributed by atoms with Gasteiger partial charge in [-0.2, -0.15) is 0 Å². The molecule has 88 valence electrons. The lowest BCUT2D eigenvalue weighted by atomic mass is 10.0. The van der Waals surface area contributed by atoms with Crippen LogP contribution in [0.5, 0.6) is 0 Å². The second-order valence-corrected chi connectivity index (χ2v) is 4.86. The van der Waals surface area contributed by atoms with E-state index in [-0.39, 0.29) is 5.92 Å². The Bertz CT molecular complexity index is 398. The van der Waals surface area contributed by atoms with Gasteiger partial charge in [0.15, 0.2) is 0 Å². The summed E-state index contributed by atoms with van der Waals surface area (Å²) >= 11 is 0. The second-order valence-electron chi connectivity index (χ2n) is 4.86. The van der Waals surface area contributed by atoms with Gasteiger partial charge in [0.1, 0.15) is 5.82 Å². The Kier molecular flexibility index (Phi) is 2.99. The number of aliphatic carboxylic acids is 1. The van der Waals surface area contributed by atoms with Crippen molar-refractivity contribution in [2.24, 2.45) is 11.8 Å². The highest BCUT2D eigenvalue weighted by Crippen LogP contribution is 2.22. The molecular formula is C12H18N2O2. The van der Waals surface area contributed by atoms with Gasteiger partial charge in [0.25, 0.3) is 0 Å². The van der Waals surface area contributed by atoms with E-state index in [0.29, 0.717) is 12.3 Å². The Hall–Kier alpha value is -1.32. The lowest BCUT2D eigenvalue weighted by molar-refractivity contribution is -0.141. The number of nitrogens with zero attached hydrogens (tertiary/aromatic N) is 2. The summed E-state index contributed by atoms with van der Waals surface area (Å²) in [5, 5.41) is 8.91. The predicted octanol–water partition coefficient (Wildman–Crippen LogP) is 1.73. The number of imidazole rings is 1. The monoisotopic (exact) mass is 222 g/mol. The van der Waals surface area contributed by atoms with Crippen LogP contribution in [0, 0.1) is 11.8 Å². The van der Waals surface area contributed by atoms with Gasteiger partial charge in [-0.25, -0.2) is 4.98 Å². The van der Waals surface area contributed by atoms with E-state index in [1.807, 2.05) is 6.20 Å². The van der Waals surface area contributed by atoms with E-state index in [4.69, 9.17) is 5.11 Å². The molecule has 0 radical (unpaired) electrons. The maximum atomic E-state index is 10.8. The molecule has 0 aliphatic carbocycles. The molecule has 2 atom stereocenters. The van der Waals surface area contributed by atoms with Gasteiger partial charge in [-0.1, -0.05) is 13.8 Å². The van der Waals surface area contributed by atoms with Gasteiger partial charge in [-0.15, -0.1) is 0 Å². The van der Waals surface area contributed by atoms with Crippen LogP contribution in [-0.2, 0) is 24.2 Å². The first-order valence-electron chi connectivity index (χ1n) is 5.84. The van der Waals surface area contributed by atoms with Crippen molar-refractivity contribution in [3.05, 3.63) is 17.7 Å². The van der Waals surface area contributed by atoms with E-state index >= 15 is 0 Å². The molecule has 0 bridgehead atoms. The molecule has 0 fully saturated rings. The van der Waals surface area contributed by atoms with Crippen molar-refractivity contribution in [3.8, 4) is 0 Å². The minimum Gasteiger partial charge on any atom is -0.481 e. The summed E-state index contributed by atoms with van der Waals surface area (Å²) in [5.41, 5.74) is 1.07. The Balaban J connectivity index is 2.17. The van der Waals surface area contributed by atoms with Gasteiger partial charge in [-0.05, 0) is 12.3 Å². The van der Waals surface area contributed by atoms with Gasteiger partial charge in [0, 0.05) is 31.3 Å². The number of fused-ring (bicyclic) bond motifs is 1. The lowest BCUT2D eigenvalue weighted by Gasteiger charge is -2.22. The van der Waals surface area contributed by atoms with Crippen LogP contribution in [0.4, 0.5) is 0 Å². The highest BCUT2D eigenvalue weighted by atomic mass is 16.4. The summed E-state index contributed by atoms with van der Waals surface area (Å²) < 4.78 is 2.20. The maximum absolute atomic E-state index is 10.8. The van der Waals surface area contributed by atoms with Crippen LogP contribution in [0.1, 0.15) is 31.8 Å². The molecule has 0 saturated carbocycles. The first-order chi connectivity index (χ1) is 7.58. The average molecular weight is 222 g/mol. The van der Waals surface area contributed by atoms with Gasteiger partial charge in [-0.3, -0.25) is 4.79 Å². The molecule has 1 aromatic rings. The smallest absolute Gasteiger partial charge is 0.306 e. The maximum Gasteiger partial charge on any atom is 0.306 e. The molecule has 1 aliphatic heterocycles. The fourth-order valence-corrected chi connectivity index (χ4v) is 2.22. The Morgan fingerprint density at radius 3 is 3.19 bits per heavy atom. The normalized spacial score (nSPS) is 21.5. The number of rotatable bonds is 3. The fraction of sp³-hybridized carbons (Fsp3) is 0.667. The predicted molar refractivity (Wildman–Crippen MR) is 60.2 cm³/mol. The van der Waals surface area contributed by atoms with Crippen molar-refractivity contribution >= 4 is 5.97 Å². The zero-order chi connectivity index (χ0) is 11.7. The van der Waals surface area contributed by atoms with Crippen LogP contribution in [0.3, 0.4) is 0 Å². The topological polar surface area (TPSA) is 55.1 Å². The highest BCUT2D eigenvalue weighted by molar-refractivity contribution is 5.69. The van der Waals surface area contributed by atoms with Crippen LogP contribution in [0.2, 0.25) is 0 Å².